The third-order valence-electron chi connectivity index (χ3n) is 3.40. The molecule has 0 radical (unpaired) electrons. The highest BCUT2D eigenvalue weighted by molar-refractivity contribution is 8.18. The van der Waals surface area contributed by atoms with E-state index in [0.29, 0.717) is 11.8 Å². The molecule has 1 heterocycles. The van der Waals surface area contributed by atoms with Gasteiger partial charge >= 0.3 is 11.7 Å². The number of ether oxygens (including phenoxy) is 2. The van der Waals surface area contributed by atoms with Crippen LogP contribution in [0.2, 0.25) is 0 Å². The van der Waals surface area contributed by atoms with Crippen LogP contribution in [0.15, 0.2) is 17.0 Å². The lowest BCUT2D eigenvalue weighted by molar-refractivity contribution is -0.386. The largest absolute Gasteiger partial charge is 0.500 e. The summed E-state index contributed by atoms with van der Waals surface area (Å²) < 4.78 is 10.1. The zero-order chi connectivity index (χ0) is 21.0. The van der Waals surface area contributed by atoms with Crippen LogP contribution in [0.4, 0.5) is 10.5 Å². The summed E-state index contributed by atoms with van der Waals surface area (Å²) in [4.78, 5) is 47.3. The van der Waals surface area contributed by atoms with Crippen molar-refractivity contribution in [2.45, 2.75) is 26.9 Å². The van der Waals surface area contributed by atoms with Crippen LogP contribution in [-0.2, 0) is 14.3 Å². The summed E-state index contributed by atoms with van der Waals surface area (Å²) in [5.41, 5.74) is -0.417. The Balaban J connectivity index is 2.32. The first kappa shape index (κ1) is 21.2. The summed E-state index contributed by atoms with van der Waals surface area (Å²) in [6.45, 7) is 4.54. The highest BCUT2D eigenvalue weighted by Gasteiger charge is 2.37. The van der Waals surface area contributed by atoms with Gasteiger partial charge in [0.1, 0.15) is 6.54 Å². The van der Waals surface area contributed by atoms with Crippen molar-refractivity contribution in [2.75, 3.05) is 13.2 Å². The smallest absolute Gasteiger partial charge is 0.326 e. The number of hydrogen-bond donors (Lipinski definition) is 1. The first-order valence-corrected chi connectivity index (χ1v) is 9.04. The number of nitrogens with zero attached hydrogens (tertiary/aromatic N) is 2. The molecule has 150 valence electrons. The number of phenols is 1. The van der Waals surface area contributed by atoms with Gasteiger partial charge in [-0.15, -0.1) is 0 Å². The fraction of sp³-hybridized carbons (Fsp3) is 0.353. The van der Waals surface area contributed by atoms with E-state index in [2.05, 4.69) is 0 Å². The van der Waals surface area contributed by atoms with Gasteiger partial charge in [0.25, 0.3) is 11.1 Å². The molecule has 10 nitrogen and oxygen atoms in total. The molecule has 0 spiro atoms. The average molecular weight is 410 g/mol. The van der Waals surface area contributed by atoms with E-state index in [9.17, 15) is 29.6 Å². The van der Waals surface area contributed by atoms with E-state index < -0.39 is 46.1 Å². The number of thioether (sulfide) groups is 1. The number of phenolic OH excluding ortho intramolecular Hbond substituents is 1. The zero-order valence-corrected chi connectivity index (χ0v) is 16.1. The number of aromatic hydroxyl groups is 1. The van der Waals surface area contributed by atoms with Gasteiger partial charge in [-0.05, 0) is 50.2 Å². The molecule has 28 heavy (non-hydrogen) atoms. The van der Waals surface area contributed by atoms with Gasteiger partial charge in [-0.3, -0.25) is 29.4 Å². The molecule has 1 N–H and O–H groups in total. The van der Waals surface area contributed by atoms with Crippen LogP contribution in [-0.4, -0.2) is 51.3 Å². The van der Waals surface area contributed by atoms with Crippen LogP contribution in [0.1, 0.15) is 26.3 Å². The summed E-state index contributed by atoms with van der Waals surface area (Å²) in [5.74, 6) is -2.20. The maximum absolute atomic E-state index is 12.4. The number of nitro groups is 1. The second-order valence-electron chi connectivity index (χ2n) is 5.88. The quantitative estimate of drug-likeness (QED) is 0.311. The number of esters is 1. The molecule has 1 fully saturated rings. The molecule has 0 aliphatic carbocycles. The van der Waals surface area contributed by atoms with Crippen LogP contribution in [0.3, 0.4) is 0 Å². The molecule has 0 saturated carbocycles. The van der Waals surface area contributed by atoms with Crippen LogP contribution in [0, 0.1) is 10.1 Å². The van der Waals surface area contributed by atoms with Gasteiger partial charge in [-0.1, -0.05) is 0 Å². The second-order valence-corrected chi connectivity index (χ2v) is 6.88. The number of imide groups is 1. The van der Waals surface area contributed by atoms with Crippen molar-refractivity contribution >= 4 is 40.6 Å². The molecule has 2 amide bonds. The van der Waals surface area contributed by atoms with Crippen LogP contribution in [0.25, 0.3) is 6.08 Å². The minimum Gasteiger partial charge on any atom is -0.500 e. The molecule has 1 aliphatic heterocycles. The number of amides is 2. The van der Waals surface area contributed by atoms with Crippen molar-refractivity contribution in [3.63, 3.8) is 0 Å². The minimum absolute atomic E-state index is 0.0233. The maximum atomic E-state index is 12.4. The second kappa shape index (κ2) is 8.74. The Hall–Kier alpha value is -3.08. The van der Waals surface area contributed by atoms with E-state index in [1.54, 1.807) is 20.8 Å². The van der Waals surface area contributed by atoms with Crippen LogP contribution in [0.5, 0.6) is 11.5 Å². The van der Waals surface area contributed by atoms with E-state index in [-0.39, 0.29) is 22.8 Å². The Kier molecular flexibility index (Phi) is 6.62. The fourth-order valence-corrected chi connectivity index (χ4v) is 3.16. The van der Waals surface area contributed by atoms with Gasteiger partial charge < -0.3 is 14.6 Å². The summed E-state index contributed by atoms with van der Waals surface area (Å²) in [6.07, 6.45) is 0.866. The van der Waals surface area contributed by atoms with E-state index in [1.165, 1.54) is 12.1 Å². The number of benzene rings is 1. The molecule has 1 aromatic rings. The summed E-state index contributed by atoms with van der Waals surface area (Å²) >= 11 is 0.593. The van der Waals surface area contributed by atoms with Crippen molar-refractivity contribution in [3.05, 3.63) is 32.7 Å². The first-order chi connectivity index (χ1) is 13.1. The monoisotopic (exact) mass is 410 g/mol. The lowest BCUT2D eigenvalue weighted by Crippen LogP contribution is -2.35. The molecule has 2 rings (SSSR count). The Morgan fingerprint density at radius 3 is 2.64 bits per heavy atom. The van der Waals surface area contributed by atoms with Gasteiger partial charge in [0.15, 0.2) is 5.75 Å². The zero-order valence-electron chi connectivity index (χ0n) is 15.3. The highest BCUT2D eigenvalue weighted by atomic mass is 32.2. The third kappa shape index (κ3) is 4.80. The Bertz CT molecular complexity index is 865. The van der Waals surface area contributed by atoms with E-state index in [4.69, 9.17) is 9.47 Å². The predicted molar refractivity (Wildman–Crippen MR) is 99.8 cm³/mol. The summed E-state index contributed by atoms with van der Waals surface area (Å²) in [7, 11) is 0. The number of carbonyl (C=O) groups excluding carboxylic acids is 3. The first-order valence-electron chi connectivity index (χ1n) is 8.23. The average Bonchev–Trinajstić information content (AvgIpc) is 2.84. The standard InChI is InChI=1S/C17H18N2O8S/c1-4-26-12-6-10(5-11(15(12)21)19(24)25)7-13-16(22)18(17(23)28-13)8-14(20)27-9(2)3/h5-7,9,21H,4,8H2,1-3H3/b13-7+. The Labute approximate surface area is 164 Å². The number of hydrogen-bond acceptors (Lipinski definition) is 9. The molecule has 11 heteroatoms. The van der Waals surface area contributed by atoms with Gasteiger partial charge in [0.2, 0.25) is 5.75 Å². The summed E-state index contributed by atoms with van der Waals surface area (Å²) in [5, 5.41) is 20.4. The van der Waals surface area contributed by atoms with Crippen LogP contribution < -0.4 is 4.74 Å². The van der Waals surface area contributed by atoms with Crippen molar-refractivity contribution < 1.29 is 33.9 Å². The van der Waals surface area contributed by atoms with Crippen molar-refractivity contribution in [1.29, 1.82) is 0 Å². The normalized spacial score (nSPS) is 15.4. The van der Waals surface area contributed by atoms with Gasteiger partial charge in [0, 0.05) is 6.07 Å². The van der Waals surface area contributed by atoms with Gasteiger partial charge in [-0.2, -0.15) is 0 Å². The lowest BCUT2D eigenvalue weighted by Gasteiger charge is -2.13. The molecular weight excluding hydrogens is 392 g/mol. The van der Waals surface area contributed by atoms with E-state index in [1.807, 2.05) is 0 Å². The number of carbonyl (C=O) groups is 3. The minimum atomic E-state index is -0.789. The Morgan fingerprint density at radius 2 is 2.07 bits per heavy atom. The maximum Gasteiger partial charge on any atom is 0.326 e. The van der Waals surface area contributed by atoms with Crippen molar-refractivity contribution in [2.24, 2.45) is 0 Å². The van der Waals surface area contributed by atoms with Crippen molar-refractivity contribution in [3.8, 4) is 11.5 Å². The van der Waals surface area contributed by atoms with E-state index in [0.717, 1.165) is 11.0 Å². The van der Waals surface area contributed by atoms with Crippen molar-refractivity contribution in [1.82, 2.24) is 4.90 Å². The van der Waals surface area contributed by atoms with Gasteiger partial charge in [0.05, 0.1) is 22.5 Å². The summed E-state index contributed by atoms with van der Waals surface area (Å²) in [6, 6.07) is 2.37. The molecule has 0 aromatic heterocycles. The molecular formula is C17H18N2O8S. The molecule has 0 bridgehead atoms. The molecule has 0 unspecified atom stereocenters. The molecule has 1 saturated heterocycles. The van der Waals surface area contributed by atoms with Gasteiger partial charge in [-0.25, -0.2) is 0 Å². The van der Waals surface area contributed by atoms with Crippen LogP contribution >= 0.6 is 11.8 Å². The molecule has 0 atom stereocenters. The van der Waals surface area contributed by atoms with E-state index >= 15 is 0 Å². The SMILES string of the molecule is CCOc1cc(/C=C2/SC(=O)N(CC(=O)OC(C)C)C2=O)cc([N+](=O)[O-])c1O. The lowest BCUT2D eigenvalue weighted by atomic mass is 10.1. The number of rotatable bonds is 7. The Morgan fingerprint density at radius 1 is 1.39 bits per heavy atom. The topological polar surface area (TPSA) is 136 Å². The third-order valence-corrected chi connectivity index (χ3v) is 4.31. The molecule has 1 aromatic carbocycles. The molecule has 1 aliphatic rings. The fourth-order valence-electron chi connectivity index (χ4n) is 2.32. The highest BCUT2D eigenvalue weighted by Crippen LogP contribution is 2.39. The predicted octanol–water partition coefficient (Wildman–Crippen LogP) is 2.69. The number of nitro benzene ring substituents is 1.